The van der Waals surface area contributed by atoms with Gasteiger partial charge in [-0.1, -0.05) is 12.8 Å². The molecule has 1 heterocycles. The van der Waals surface area contributed by atoms with E-state index in [0.717, 1.165) is 18.7 Å². The Morgan fingerprint density at radius 1 is 1.38 bits per heavy atom. The molecule has 0 amide bonds. The zero-order valence-electron chi connectivity index (χ0n) is 9.59. The number of carbonyl (C=O) groups excluding carboxylic acids is 1. The number of hydrogen-bond donors (Lipinski definition) is 0. The van der Waals surface area contributed by atoms with Gasteiger partial charge in [-0.25, -0.2) is 9.97 Å². The van der Waals surface area contributed by atoms with Gasteiger partial charge in [0.05, 0.1) is 5.56 Å². The number of aromatic nitrogens is 2. The molecule has 0 aliphatic heterocycles. The van der Waals surface area contributed by atoms with Gasteiger partial charge < -0.3 is 4.90 Å². The summed E-state index contributed by atoms with van der Waals surface area (Å²) in [5, 5.41) is 0. The standard InChI is InChI=1S/C12H17N3O/c1-15(8-10-4-2-3-5-10)12-13-6-11(9-16)7-14-12/h6-7,9-10H,2-5,8H2,1H3. The lowest BCUT2D eigenvalue weighted by molar-refractivity contribution is 0.112. The van der Waals surface area contributed by atoms with Crippen molar-refractivity contribution >= 4 is 12.2 Å². The third-order valence-electron chi connectivity index (χ3n) is 3.14. The molecule has 0 aromatic carbocycles. The molecule has 1 saturated carbocycles. The van der Waals surface area contributed by atoms with Crippen molar-refractivity contribution in [3.8, 4) is 0 Å². The van der Waals surface area contributed by atoms with Gasteiger partial charge >= 0.3 is 0 Å². The molecule has 0 spiro atoms. The summed E-state index contributed by atoms with van der Waals surface area (Å²) in [7, 11) is 2.01. The van der Waals surface area contributed by atoms with Crippen LogP contribution in [0.5, 0.6) is 0 Å². The first-order valence-electron chi connectivity index (χ1n) is 5.78. The van der Waals surface area contributed by atoms with Crippen LogP contribution in [0.4, 0.5) is 5.95 Å². The highest BCUT2D eigenvalue weighted by molar-refractivity contribution is 5.73. The van der Waals surface area contributed by atoms with Gasteiger partial charge in [-0.05, 0) is 18.8 Å². The Morgan fingerprint density at radius 3 is 2.56 bits per heavy atom. The van der Waals surface area contributed by atoms with Crippen molar-refractivity contribution in [2.24, 2.45) is 5.92 Å². The van der Waals surface area contributed by atoms with Gasteiger partial charge in [0.2, 0.25) is 5.95 Å². The van der Waals surface area contributed by atoms with Crippen molar-refractivity contribution in [2.75, 3.05) is 18.5 Å². The Labute approximate surface area is 95.7 Å². The molecule has 1 aliphatic rings. The molecule has 0 N–H and O–H groups in total. The normalized spacial score (nSPS) is 16.3. The number of rotatable bonds is 4. The smallest absolute Gasteiger partial charge is 0.225 e. The minimum absolute atomic E-state index is 0.526. The fourth-order valence-corrected chi connectivity index (χ4v) is 2.25. The molecule has 0 bridgehead atoms. The van der Waals surface area contributed by atoms with Crippen LogP contribution in [0.1, 0.15) is 36.0 Å². The highest BCUT2D eigenvalue weighted by Gasteiger charge is 2.17. The molecular weight excluding hydrogens is 202 g/mol. The van der Waals surface area contributed by atoms with Crippen LogP contribution in [0.25, 0.3) is 0 Å². The Kier molecular flexibility index (Phi) is 3.49. The summed E-state index contributed by atoms with van der Waals surface area (Å²) in [6.07, 6.45) is 9.24. The van der Waals surface area contributed by atoms with Crippen LogP contribution in [0.2, 0.25) is 0 Å². The molecule has 86 valence electrons. The third-order valence-corrected chi connectivity index (χ3v) is 3.14. The van der Waals surface area contributed by atoms with E-state index in [0.29, 0.717) is 11.5 Å². The number of nitrogens with zero attached hydrogens (tertiary/aromatic N) is 3. The summed E-state index contributed by atoms with van der Waals surface area (Å²) in [5.74, 6) is 1.48. The maximum atomic E-state index is 10.5. The minimum atomic E-state index is 0.526. The second-order valence-electron chi connectivity index (χ2n) is 4.47. The SMILES string of the molecule is CN(CC1CCCC1)c1ncc(C=O)cn1. The summed E-state index contributed by atoms with van der Waals surface area (Å²) < 4.78 is 0. The molecule has 1 fully saturated rings. The number of hydrogen-bond acceptors (Lipinski definition) is 4. The highest BCUT2D eigenvalue weighted by atomic mass is 16.1. The monoisotopic (exact) mass is 219 g/mol. The topological polar surface area (TPSA) is 46.1 Å². The maximum absolute atomic E-state index is 10.5. The molecule has 2 rings (SSSR count). The molecule has 1 aliphatic carbocycles. The summed E-state index contributed by atoms with van der Waals surface area (Å²) in [5.41, 5.74) is 0.526. The lowest BCUT2D eigenvalue weighted by Gasteiger charge is -2.20. The fourth-order valence-electron chi connectivity index (χ4n) is 2.25. The van der Waals surface area contributed by atoms with Crippen LogP contribution in [0.15, 0.2) is 12.4 Å². The van der Waals surface area contributed by atoms with Gasteiger partial charge in [-0.3, -0.25) is 4.79 Å². The van der Waals surface area contributed by atoms with Crippen molar-refractivity contribution in [1.82, 2.24) is 9.97 Å². The van der Waals surface area contributed by atoms with E-state index in [1.54, 1.807) is 12.4 Å². The summed E-state index contributed by atoms with van der Waals surface area (Å²) in [6.45, 7) is 1.01. The molecule has 0 radical (unpaired) electrons. The highest BCUT2D eigenvalue weighted by Crippen LogP contribution is 2.25. The first-order chi connectivity index (χ1) is 7.79. The molecule has 1 aromatic heterocycles. The van der Waals surface area contributed by atoms with Crippen LogP contribution in [0, 0.1) is 5.92 Å². The van der Waals surface area contributed by atoms with E-state index in [-0.39, 0.29) is 0 Å². The van der Waals surface area contributed by atoms with Gasteiger partial charge in [0, 0.05) is 26.0 Å². The largest absolute Gasteiger partial charge is 0.344 e. The quantitative estimate of drug-likeness (QED) is 0.726. The Balaban J connectivity index is 1.96. The van der Waals surface area contributed by atoms with E-state index in [1.165, 1.54) is 25.7 Å². The van der Waals surface area contributed by atoms with Gasteiger partial charge in [-0.15, -0.1) is 0 Å². The Hall–Kier alpha value is -1.45. The van der Waals surface area contributed by atoms with Crippen LogP contribution in [0.3, 0.4) is 0 Å². The summed E-state index contributed by atoms with van der Waals surface area (Å²) >= 11 is 0. The van der Waals surface area contributed by atoms with Crippen LogP contribution in [-0.2, 0) is 0 Å². The predicted octanol–water partition coefficient (Wildman–Crippen LogP) is 1.92. The Bertz CT molecular complexity index is 344. The van der Waals surface area contributed by atoms with Crippen molar-refractivity contribution in [2.45, 2.75) is 25.7 Å². The van der Waals surface area contributed by atoms with Crippen molar-refractivity contribution < 1.29 is 4.79 Å². The molecule has 0 atom stereocenters. The lowest BCUT2D eigenvalue weighted by Crippen LogP contribution is -2.25. The second kappa shape index (κ2) is 5.05. The maximum Gasteiger partial charge on any atom is 0.225 e. The lowest BCUT2D eigenvalue weighted by atomic mass is 10.1. The van der Waals surface area contributed by atoms with Gasteiger partial charge in [0.15, 0.2) is 6.29 Å². The summed E-state index contributed by atoms with van der Waals surface area (Å²) in [4.78, 5) is 20.9. The van der Waals surface area contributed by atoms with Crippen LogP contribution < -0.4 is 4.90 Å². The van der Waals surface area contributed by atoms with E-state index in [2.05, 4.69) is 14.9 Å². The first-order valence-corrected chi connectivity index (χ1v) is 5.78. The molecule has 0 unspecified atom stereocenters. The van der Waals surface area contributed by atoms with E-state index in [4.69, 9.17) is 0 Å². The summed E-state index contributed by atoms with van der Waals surface area (Å²) in [6, 6.07) is 0. The first kappa shape index (κ1) is 11.0. The van der Waals surface area contributed by atoms with Crippen molar-refractivity contribution in [3.63, 3.8) is 0 Å². The van der Waals surface area contributed by atoms with Gasteiger partial charge in [0.1, 0.15) is 0 Å². The number of carbonyl (C=O) groups is 1. The average molecular weight is 219 g/mol. The van der Waals surface area contributed by atoms with E-state index in [9.17, 15) is 4.79 Å². The zero-order chi connectivity index (χ0) is 11.4. The van der Waals surface area contributed by atoms with E-state index >= 15 is 0 Å². The van der Waals surface area contributed by atoms with E-state index in [1.807, 2.05) is 7.05 Å². The van der Waals surface area contributed by atoms with Crippen molar-refractivity contribution in [3.05, 3.63) is 18.0 Å². The van der Waals surface area contributed by atoms with Crippen LogP contribution >= 0.6 is 0 Å². The minimum Gasteiger partial charge on any atom is -0.344 e. The third kappa shape index (κ3) is 2.56. The number of aldehydes is 1. The molecule has 0 saturated heterocycles. The molecule has 1 aromatic rings. The number of anilines is 1. The molecule has 16 heavy (non-hydrogen) atoms. The van der Waals surface area contributed by atoms with Crippen molar-refractivity contribution in [1.29, 1.82) is 0 Å². The van der Waals surface area contributed by atoms with E-state index < -0.39 is 0 Å². The fraction of sp³-hybridized carbons (Fsp3) is 0.583. The second-order valence-corrected chi connectivity index (χ2v) is 4.47. The molecule has 4 heteroatoms. The molecular formula is C12H17N3O. The predicted molar refractivity (Wildman–Crippen MR) is 62.6 cm³/mol. The molecule has 4 nitrogen and oxygen atoms in total. The average Bonchev–Trinajstić information content (AvgIpc) is 2.82. The van der Waals surface area contributed by atoms with Gasteiger partial charge in [-0.2, -0.15) is 0 Å². The zero-order valence-corrected chi connectivity index (χ0v) is 9.59. The Morgan fingerprint density at radius 2 is 2.00 bits per heavy atom. The van der Waals surface area contributed by atoms with Gasteiger partial charge in [0.25, 0.3) is 0 Å². The van der Waals surface area contributed by atoms with Crippen LogP contribution in [-0.4, -0.2) is 29.8 Å².